The Morgan fingerprint density at radius 3 is 2.79 bits per heavy atom. The Labute approximate surface area is 121 Å². The summed E-state index contributed by atoms with van der Waals surface area (Å²) in [4.78, 5) is 2.19. The van der Waals surface area contributed by atoms with Crippen molar-refractivity contribution >= 4 is 17.3 Å². The van der Waals surface area contributed by atoms with E-state index in [1.807, 2.05) is 12.1 Å². The number of methoxy groups -OCH3 is 1. The van der Waals surface area contributed by atoms with Crippen molar-refractivity contribution in [3.8, 4) is 0 Å². The number of benzene rings is 1. The number of anilines is 1. The molecule has 1 aromatic rings. The minimum atomic E-state index is 0.185. The molecule has 0 heterocycles. The van der Waals surface area contributed by atoms with Crippen molar-refractivity contribution in [2.24, 2.45) is 5.73 Å². The van der Waals surface area contributed by atoms with E-state index < -0.39 is 0 Å². The number of hydrogen-bond acceptors (Lipinski definition) is 3. The van der Waals surface area contributed by atoms with E-state index in [4.69, 9.17) is 22.1 Å². The van der Waals surface area contributed by atoms with E-state index in [2.05, 4.69) is 24.9 Å². The second-order valence-electron chi connectivity index (χ2n) is 4.89. The normalized spacial score (nSPS) is 12.5. The molecule has 1 aromatic carbocycles. The fourth-order valence-electron chi connectivity index (χ4n) is 2.14. The van der Waals surface area contributed by atoms with Crippen LogP contribution < -0.4 is 10.6 Å². The van der Waals surface area contributed by atoms with Gasteiger partial charge in [-0.05, 0) is 30.9 Å². The SMILES string of the molecule is CCC(N)Cc1cccc(Cl)c1N(C)CCCOC. The van der Waals surface area contributed by atoms with Gasteiger partial charge in [0.15, 0.2) is 0 Å². The van der Waals surface area contributed by atoms with Gasteiger partial charge in [-0.25, -0.2) is 0 Å². The van der Waals surface area contributed by atoms with Crippen molar-refractivity contribution in [2.45, 2.75) is 32.2 Å². The summed E-state index contributed by atoms with van der Waals surface area (Å²) in [5.74, 6) is 0. The molecule has 0 aromatic heterocycles. The van der Waals surface area contributed by atoms with Crippen LogP contribution in [0.1, 0.15) is 25.3 Å². The van der Waals surface area contributed by atoms with E-state index in [0.717, 1.165) is 43.1 Å². The van der Waals surface area contributed by atoms with Crippen LogP contribution in [0.5, 0.6) is 0 Å². The maximum atomic E-state index is 6.35. The van der Waals surface area contributed by atoms with Gasteiger partial charge in [0.1, 0.15) is 0 Å². The summed E-state index contributed by atoms with van der Waals surface area (Å²) >= 11 is 6.35. The van der Waals surface area contributed by atoms with Gasteiger partial charge in [-0.15, -0.1) is 0 Å². The van der Waals surface area contributed by atoms with E-state index in [-0.39, 0.29) is 6.04 Å². The first-order chi connectivity index (χ1) is 9.10. The van der Waals surface area contributed by atoms with E-state index in [1.54, 1.807) is 7.11 Å². The van der Waals surface area contributed by atoms with Crippen LogP contribution in [0.3, 0.4) is 0 Å². The lowest BCUT2D eigenvalue weighted by molar-refractivity contribution is 0.196. The second-order valence-corrected chi connectivity index (χ2v) is 5.30. The van der Waals surface area contributed by atoms with Gasteiger partial charge < -0.3 is 15.4 Å². The summed E-state index contributed by atoms with van der Waals surface area (Å²) in [6.45, 7) is 3.79. The van der Waals surface area contributed by atoms with Crippen LogP contribution in [-0.2, 0) is 11.2 Å². The van der Waals surface area contributed by atoms with E-state index in [1.165, 1.54) is 5.56 Å². The molecule has 0 aliphatic heterocycles. The summed E-state index contributed by atoms with van der Waals surface area (Å²) in [5, 5.41) is 0.792. The zero-order valence-electron chi connectivity index (χ0n) is 12.2. The van der Waals surface area contributed by atoms with Crippen LogP contribution in [0, 0.1) is 0 Å². The summed E-state index contributed by atoms with van der Waals surface area (Å²) in [6, 6.07) is 6.23. The summed E-state index contributed by atoms with van der Waals surface area (Å²) in [5.41, 5.74) is 8.39. The van der Waals surface area contributed by atoms with Gasteiger partial charge in [-0.1, -0.05) is 30.7 Å². The van der Waals surface area contributed by atoms with Gasteiger partial charge in [-0.2, -0.15) is 0 Å². The van der Waals surface area contributed by atoms with Crippen LogP contribution in [0.4, 0.5) is 5.69 Å². The van der Waals surface area contributed by atoms with Crippen molar-refractivity contribution in [2.75, 3.05) is 32.2 Å². The smallest absolute Gasteiger partial charge is 0.0642 e. The van der Waals surface area contributed by atoms with E-state index in [0.29, 0.717) is 0 Å². The Morgan fingerprint density at radius 1 is 1.42 bits per heavy atom. The minimum Gasteiger partial charge on any atom is -0.385 e. The third-order valence-corrected chi connectivity index (χ3v) is 3.61. The number of rotatable bonds is 8. The molecule has 3 nitrogen and oxygen atoms in total. The first-order valence-electron chi connectivity index (χ1n) is 6.83. The van der Waals surface area contributed by atoms with Gasteiger partial charge in [0, 0.05) is 33.4 Å². The number of para-hydroxylation sites is 1. The van der Waals surface area contributed by atoms with E-state index >= 15 is 0 Å². The first-order valence-corrected chi connectivity index (χ1v) is 7.21. The van der Waals surface area contributed by atoms with Gasteiger partial charge in [0.25, 0.3) is 0 Å². The molecule has 1 unspecified atom stereocenters. The molecule has 0 aliphatic carbocycles. The standard InChI is InChI=1S/C15H25ClN2O/c1-4-13(17)11-12-7-5-8-14(16)15(12)18(2)9-6-10-19-3/h5,7-8,13H,4,6,9-11,17H2,1-3H3. The molecule has 108 valence electrons. The Balaban J connectivity index is 2.84. The van der Waals surface area contributed by atoms with E-state index in [9.17, 15) is 0 Å². The second kappa shape index (κ2) is 8.41. The predicted molar refractivity (Wildman–Crippen MR) is 83.2 cm³/mol. The van der Waals surface area contributed by atoms with Crippen molar-refractivity contribution in [3.05, 3.63) is 28.8 Å². The number of nitrogens with zero attached hydrogens (tertiary/aromatic N) is 1. The molecule has 0 saturated heterocycles. The number of ether oxygens (including phenoxy) is 1. The van der Waals surface area contributed by atoms with Gasteiger partial charge in [0.05, 0.1) is 10.7 Å². The third kappa shape index (κ3) is 5.01. The predicted octanol–water partition coefficient (Wildman–Crippen LogP) is 3.09. The van der Waals surface area contributed by atoms with Crippen molar-refractivity contribution in [1.29, 1.82) is 0 Å². The highest BCUT2D eigenvalue weighted by Crippen LogP contribution is 2.30. The molecule has 0 aliphatic rings. The Bertz CT molecular complexity index is 384. The molecule has 0 fully saturated rings. The minimum absolute atomic E-state index is 0.185. The molecule has 1 rings (SSSR count). The summed E-state index contributed by atoms with van der Waals surface area (Å²) in [6.07, 6.45) is 2.82. The fourth-order valence-corrected chi connectivity index (χ4v) is 2.48. The topological polar surface area (TPSA) is 38.5 Å². The first kappa shape index (κ1) is 16.3. The van der Waals surface area contributed by atoms with Gasteiger partial charge in [-0.3, -0.25) is 0 Å². The molecular weight excluding hydrogens is 260 g/mol. The largest absolute Gasteiger partial charge is 0.385 e. The third-order valence-electron chi connectivity index (χ3n) is 3.30. The lowest BCUT2D eigenvalue weighted by Crippen LogP contribution is -2.25. The van der Waals surface area contributed by atoms with Crippen LogP contribution in [0.2, 0.25) is 5.02 Å². The Hall–Kier alpha value is -0.770. The highest BCUT2D eigenvalue weighted by atomic mass is 35.5. The van der Waals surface area contributed by atoms with Crippen molar-refractivity contribution in [3.63, 3.8) is 0 Å². The van der Waals surface area contributed by atoms with Crippen molar-refractivity contribution < 1.29 is 4.74 Å². The average Bonchev–Trinajstić information content (AvgIpc) is 2.38. The van der Waals surface area contributed by atoms with Gasteiger partial charge in [0.2, 0.25) is 0 Å². The molecule has 4 heteroatoms. The fraction of sp³-hybridized carbons (Fsp3) is 0.600. The molecule has 19 heavy (non-hydrogen) atoms. The molecule has 0 radical (unpaired) electrons. The molecule has 2 N–H and O–H groups in total. The monoisotopic (exact) mass is 284 g/mol. The molecule has 0 bridgehead atoms. The highest BCUT2D eigenvalue weighted by Gasteiger charge is 2.13. The van der Waals surface area contributed by atoms with Crippen LogP contribution >= 0.6 is 11.6 Å². The lowest BCUT2D eigenvalue weighted by Gasteiger charge is -2.24. The number of halogens is 1. The van der Waals surface area contributed by atoms with Gasteiger partial charge >= 0.3 is 0 Å². The molecular formula is C15H25ClN2O. The Kier molecular flexibility index (Phi) is 7.21. The summed E-state index contributed by atoms with van der Waals surface area (Å²) < 4.78 is 5.09. The highest BCUT2D eigenvalue weighted by molar-refractivity contribution is 6.33. The van der Waals surface area contributed by atoms with Crippen molar-refractivity contribution in [1.82, 2.24) is 0 Å². The zero-order chi connectivity index (χ0) is 14.3. The summed E-state index contributed by atoms with van der Waals surface area (Å²) in [7, 11) is 3.79. The average molecular weight is 285 g/mol. The molecule has 0 saturated carbocycles. The Morgan fingerprint density at radius 2 is 2.16 bits per heavy atom. The lowest BCUT2D eigenvalue weighted by atomic mass is 10.0. The number of hydrogen-bond donors (Lipinski definition) is 1. The quantitative estimate of drug-likeness (QED) is 0.746. The van der Waals surface area contributed by atoms with Crippen LogP contribution in [0.25, 0.3) is 0 Å². The maximum Gasteiger partial charge on any atom is 0.0642 e. The number of nitrogens with two attached hydrogens (primary N) is 1. The maximum absolute atomic E-state index is 6.35. The zero-order valence-corrected chi connectivity index (χ0v) is 12.9. The van der Waals surface area contributed by atoms with Crippen LogP contribution in [-0.4, -0.2) is 33.4 Å². The molecule has 0 amide bonds. The molecule has 1 atom stereocenters. The molecule has 0 spiro atoms. The van der Waals surface area contributed by atoms with Crippen LogP contribution in [0.15, 0.2) is 18.2 Å².